The Balaban J connectivity index is 1.66. The molecule has 1 atom stereocenters. The monoisotopic (exact) mass is 465 g/mol. The van der Waals surface area contributed by atoms with E-state index >= 15 is 0 Å². The van der Waals surface area contributed by atoms with E-state index in [4.69, 9.17) is 30.5 Å². The highest BCUT2D eigenvalue weighted by Gasteiger charge is 2.23. The molecule has 0 aliphatic heterocycles. The van der Waals surface area contributed by atoms with Gasteiger partial charge in [-0.2, -0.15) is 0 Å². The maximum atomic E-state index is 12.3. The number of carbonyl (C=O) groups excluding carboxylic acids is 2. The lowest BCUT2D eigenvalue weighted by atomic mass is 10.1. The van der Waals surface area contributed by atoms with Crippen LogP contribution in [0.3, 0.4) is 0 Å². The van der Waals surface area contributed by atoms with Gasteiger partial charge >= 0.3 is 17.9 Å². The smallest absolute Gasteiger partial charge is 0.379 e. The number of furan rings is 1. The Hall–Kier alpha value is -4.93. The van der Waals surface area contributed by atoms with E-state index in [9.17, 15) is 19.2 Å². The molecule has 1 aromatic heterocycles. The van der Waals surface area contributed by atoms with Crippen LogP contribution in [0, 0.1) is 5.41 Å². The Bertz CT molecular complexity index is 1250. The van der Waals surface area contributed by atoms with E-state index in [2.05, 4.69) is 5.32 Å². The number of esters is 1. The lowest BCUT2D eigenvalue weighted by molar-refractivity contribution is -0.145. The van der Waals surface area contributed by atoms with Crippen molar-refractivity contribution in [2.24, 2.45) is 5.73 Å². The molecule has 0 fully saturated rings. The van der Waals surface area contributed by atoms with Crippen molar-refractivity contribution in [1.29, 1.82) is 5.41 Å². The lowest BCUT2D eigenvalue weighted by Crippen LogP contribution is -2.42. The van der Waals surface area contributed by atoms with Crippen molar-refractivity contribution in [1.82, 2.24) is 5.32 Å². The van der Waals surface area contributed by atoms with Gasteiger partial charge in [-0.05, 0) is 48.5 Å². The number of carboxylic acids is 2. The fraction of sp³-hybridized carbons (Fsp3) is 0.0870. The second-order valence-corrected chi connectivity index (χ2v) is 7.03. The number of nitrogens with one attached hydrogen (secondary N) is 2. The number of amides is 1. The molecule has 0 spiro atoms. The topological polar surface area (TPSA) is 193 Å². The van der Waals surface area contributed by atoms with Gasteiger partial charge in [-0.3, -0.25) is 15.0 Å². The van der Waals surface area contributed by atoms with Crippen LogP contribution in [0.1, 0.15) is 32.9 Å². The molecule has 174 valence electrons. The summed E-state index contributed by atoms with van der Waals surface area (Å²) in [6, 6.07) is 13.3. The number of hydrogen-bond acceptors (Lipinski definition) is 7. The summed E-state index contributed by atoms with van der Waals surface area (Å²) in [5.41, 5.74) is 6.51. The van der Waals surface area contributed by atoms with Crippen molar-refractivity contribution in [3.8, 4) is 17.1 Å². The van der Waals surface area contributed by atoms with Crippen molar-refractivity contribution in [2.75, 3.05) is 0 Å². The molecule has 3 aromatic rings. The molecule has 0 saturated heterocycles. The van der Waals surface area contributed by atoms with Crippen LogP contribution in [0.5, 0.6) is 5.75 Å². The molecule has 0 radical (unpaired) electrons. The Morgan fingerprint density at radius 3 is 2.12 bits per heavy atom. The summed E-state index contributed by atoms with van der Waals surface area (Å²) in [5, 5.41) is 27.3. The predicted octanol–water partition coefficient (Wildman–Crippen LogP) is 2.11. The third-order valence-electron chi connectivity index (χ3n) is 4.60. The maximum Gasteiger partial charge on any atom is 0.379 e. The third-order valence-corrected chi connectivity index (χ3v) is 4.60. The van der Waals surface area contributed by atoms with Crippen molar-refractivity contribution < 1.29 is 38.5 Å². The Kier molecular flexibility index (Phi) is 7.07. The predicted molar refractivity (Wildman–Crippen MR) is 118 cm³/mol. The van der Waals surface area contributed by atoms with Crippen molar-refractivity contribution in [3.63, 3.8) is 0 Å². The van der Waals surface area contributed by atoms with Gasteiger partial charge in [0.1, 0.15) is 23.4 Å². The molecule has 11 nitrogen and oxygen atoms in total. The number of rotatable bonds is 9. The largest absolute Gasteiger partial charge is 0.481 e. The average molecular weight is 465 g/mol. The van der Waals surface area contributed by atoms with Gasteiger partial charge in [0.15, 0.2) is 0 Å². The molecule has 0 aliphatic rings. The van der Waals surface area contributed by atoms with Gasteiger partial charge in [0.2, 0.25) is 5.76 Å². The molecular formula is C23H19N3O8. The van der Waals surface area contributed by atoms with Crippen molar-refractivity contribution >= 4 is 29.7 Å². The van der Waals surface area contributed by atoms with Gasteiger partial charge < -0.3 is 30.4 Å². The fourth-order valence-electron chi connectivity index (χ4n) is 2.86. The summed E-state index contributed by atoms with van der Waals surface area (Å²) in [6.07, 6.45) is -0.759. The molecule has 1 amide bonds. The highest BCUT2D eigenvalue weighted by molar-refractivity contribution is 5.98. The molecule has 11 heteroatoms. The molecule has 0 saturated carbocycles. The number of hydrogen-bond donors (Lipinski definition) is 5. The van der Waals surface area contributed by atoms with Gasteiger partial charge in [-0.25, -0.2) is 9.59 Å². The number of carboxylic acid groups (broad SMARTS) is 2. The zero-order valence-electron chi connectivity index (χ0n) is 17.5. The maximum absolute atomic E-state index is 12.3. The molecular weight excluding hydrogens is 446 g/mol. The fourth-order valence-corrected chi connectivity index (χ4v) is 2.86. The first kappa shape index (κ1) is 23.7. The molecule has 0 unspecified atom stereocenters. The molecule has 3 rings (SSSR count). The van der Waals surface area contributed by atoms with Gasteiger partial charge in [0.25, 0.3) is 5.91 Å². The summed E-state index contributed by atoms with van der Waals surface area (Å²) in [7, 11) is 0. The summed E-state index contributed by atoms with van der Waals surface area (Å²) >= 11 is 0. The Labute approximate surface area is 192 Å². The van der Waals surface area contributed by atoms with E-state index in [1.54, 1.807) is 0 Å². The minimum atomic E-state index is -1.57. The van der Waals surface area contributed by atoms with E-state index in [1.165, 1.54) is 60.7 Å². The number of benzene rings is 2. The van der Waals surface area contributed by atoms with Crippen LogP contribution in [-0.4, -0.2) is 45.9 Å². The number of nitrogen functional groups attached to an aromatic ring is 1. The molecule has 34 heavy (non-hydrogen) atoms. The van der Waals surface area contributed by atoms with Crippen LogP contribution < -0.4 is 15.8 Å². The Morgan fingerprint density at radius 1 is 0.941 bits per heavy atom. The summed E-state index contributed by atoms with van der Waals surface area (Å²) < 4.78 is 10.8. The lowest BCUT2D eigenvalue weighted by Gasteiger charge is -2.12. The molecule has 1 heterocycles. The van der Waals surface area contributed by atoms with Gasteiger partial charge in [-0.1, -0.05) is 12.1 Å². The zero-order chi connectivity index (χ0) is 24.8. The number of carbonyl (C=O) groups is 4. The summed E-state index contributed by atoms with van der Waals surface area (Å²) in [5.74, 6) is -3.92. The second kappa shape index (κ2) is 10.1. The number of nitrogens with two attached hydrogens (primary N) is 1. The first-order chi connectivity index (χ1) is 16.1. The second-order valence-electron chi connectivity index (χ2n) is 7.03. The van der Waals surface area contributed by atoms with Crippen molar-refractivity contribution in [2.45, 2.75) is 12.5 Å². The van der Waals surface area contributed by atoms with E-state index in [0.717, 1.165) is 0 Å². The van der Waals surface area contributed by atoms with Crippen LogP contribution in [0.25, 0.3) is 11.3 Å². The average Bonchev–Trinajstić information content (AvgIpc) is 3.29. The molecule has 2 aromatic carbocycles. The first-order valence-electron chi connectivity index (χ1n) is 9.76. The zero-order valence-corrected chi connectivity index (χ0v) is 17.5. The van der Waals surface area contributed by atoms with Crippen LogP contribution in [0.15, 0.2) is 65.1 Å². The number of amidine groups is 1. The standard InChI is InChI=1S/C23H19N3O8/c24-20(25)13-5-7-15(8-6-13)33-23(32)18-10-9-17(34-18)12-1-3-14(4-2-12)21(29)26-16(22(30)31)11-19(27)28/h1-10,16H,11H2,(H3,24,25)(H,26,29)(H,27,28)(H,30,31)/t16-/m0/s1. The van der Waals surface area contributed by atoms with E-state index < -0.39 is 36.3 Å². The first-order valence-corrected chi connectivity index (χ1v) is 9.76. The third kappa shape index (κ3) is 5.85. The van der Waals surface area contributed by atoms with Crippen LogP contribution in [0.4, 0.5) is 0 Å². The normalized spacial score (nSPS) is 11.3. The number of aliphatic carboxylic acids is 2. The van der Waals surface area contributed by atoms with Crippen molar-refractivity contribution in [3.05, 3.63) is 77.6 Å². The van der Waals surface area contributed by atoms with E-state index in [-0.39, 0.29) is 22.9 Å². The molecule has 6 N–H and O–H groups in total. The van der Waals surface area contributed by atoms with Gasteiger partial charge in [0.05, 0.1) is 6.42 Å². The SMILES string of the molecule is N=C(N)c1ccc(OC(=O)c2ccc(-c3ccc(C(=O)N[C@@H](CC(=O)O)C(=O)O)cc3)o2)cc1. The van der Waals surface area contributed by atoms with Crippen LogP contribution in [-0.2, 0) is 9.59 Å². The summed E-state index contributed by atoms with van der Waals surface area (Å²) in [6.45, 7) is 0. The molecule has 0 aliphatic carbocycles. The highest BCUT2D eigenvalue weighted by Crippen LogP contribution is 2.24. The quantitative estimate of drug-likeness (QED) is 0.136. The summed E-state index contributed by atoms with van der Waals surface area (Å²) in [4.78, 5) is 46.4. The molecule has 0 bridgehead atoms. The minimum absolute atomic E-state index is 0.0644. The Morgan fingerprint density at radius 2 is 1.56 bits per heavy atom. The number of ether oxygens (including phenoxy) is 1. The van der Waals surface area contributed by atoms with Gasteiger partial charge in [-0.15, -0.1) is 0 Å². The van der Waals surface area contributed by atoms with Crippen LogP contribution in [0.2, 0.25) is 0 Å². The van der Waals surface area contributed by atoms with E-state index in [1.807, 2.05) is 0 Å². The van der Waals surface area contributed by atoms with Gasteiger partial charge in [0, 0.05) is 16.7 Å². The van der Waals surface area contributed by atoms with Crippen LogP contribution >= 0.6 is 0 Å². The minimum Gasteiger partial charge on any atom is -0.481 e. The highest BCUT2D eigenvalue weighted by atomic mass is 16.5. The van der Waals surface area contributed by atoms with E-state index in [0.29, 0.717) is 16.9 Å².